The molecular formula is C19H25N3O2S. The van der Waals surface area contributed by atoms with Gasteiger partial charge in [-0.2, -0.15) is 0 Å². The zero-order chi connectivity index (χ0) is 17.6. The molecular weight excluding hydrogens is 334 g/mol. The molecule has 1 fully saturated rings. The summed E-state index contributed by atoms with van der Waals surface area (Å²) in [6.45, 7) is 6.15. The fourth-order valence-corrected chi connectivity index (χ4v) is 5.48. The minimum atomic E-state index is -0.0459. The Hall–Kier alpha value is -1.69. The number of fused-ring (bicyclic) bond motifs is 3. The molecule has 0 unspecified atom stereocenters. The summed E-state index contributed by atoms with van der Waals surface area (Å²) in [4.78, 5) is 34.1. The minimum absolute atomic E-state index is 0.0347. The summed E-state index contributed by atoms with van der Waals surface area (Å²) < 4.78 is 1.51. The van der Waals surface area contributed by atoms with Gasteiger partial charge in [-0.25, -0.2) is 4.98 Å². The molecule has 0 aromatic carbocycles. The molecule has 0 saturated carbocycles. The Bertz CT molecular complexity index is 869. The fraction of sp³-hybridized carbons (Fsp3) is 0.632. The second-order valence-electron chi connectivity index (χ2n) is 7.80. The molecule has 0 radical (unpaired) electrons. The van der Waals surface area contributed by atoms with Crippen LogP contribution in [0.25, 0.3) is 10.2 Å². The first-order valence-electron chi connectivity index (χ1n) is 9.30. The fourth-order valence-electron chi connectivity index (χ4n) is 4.14. The predicted octanol–water partition coefficient (Wildman–Crippen LogP) is 2.84. The van der Waals surface area contributed by atoms with E-state index in [1.165, 1.54) is 21.4 Å². The van der Waals surface area contributed by atoms with Crippen LogP contribution in [0, 0.1) is 11.8 Å². The SMILES string of the molecule is C[C@@H]1CCCN(C(=O)Cn2cnc3sc4c(c3c2=O)CC[C@H](C)C4)C1. The largest absolute Gasteiger partial charge is 0.341 e. The highest BCUT2D eigenvalue weighted by molar-refractivity contribution is 7.18. The highest BCUT2D eigenvalue weighted by Crippen LogP contribution is 2.35. The van der Waals surface area contributed by atoms with Crippen LogP contribution in [0.5, 0.6) is 0 Å². The van der Waals surface area contributed by atoms with E-state index in [1.54, 1.807) is 17.7 Å². The highest BCUT2D eigenvalue weighted by Gasteiger charge is 2.25. The Morgan fingerprint density at radius 1 is 1.32 bits per heavy atom. The van der Waals surface area contributed by atoms with Crippen LogP contribution < -0.4 is 5.56 Å². The summed E-state index contributed by atoms with van der Waals surface area (Å²) >= 11 is 1.65. The third-order valence-electron chi connectivity index (χ3n) is 5.60. The van der Waals surface area contributed by atoms with Crippen molar-refractivity contribution in [3.8, 4) is 0 Å². The molecule has 2 aromatic rings. The van der Waals surface area contributed by atoms with E-state index in [-0.39, 0.29) is 18.0 Å². The first-order chi connectivity index (χ1) is 12.0. The molecule has 1 saturated heterocycles. The Kier molecular flexibility index (Phi) is 4.40. The first kappa shape index (κ1) is 16.8. The van der Waals surface area contributed by atoms with Gasteiger partial charge in [-0.05, 0) is 49.5 Å². The third kappa shape index (κ3) is 3.12. The van der Waals surface area contributed by atoms with E-state index in [0.717, 1.165) is 49.0 Å². The number of hydrogen-bond acceptors (Lipinski definition) is 4. The molecule has 2 atom stereocenters. The minimum Gasteiger partial charge on any atom is -0.341 e. The maximum atomic E-state index is 13.0. The van der Waals surface area contributed by atoms with Crippen LogP contribution in [-0.2, 0) is 24.2 Å². The van der Waals surface area contributed by atoms with Crippen LogP contribution in [-0.4, -0.2) is 33.4 Å². The number of aryl methyl sites for hydroxylation is 1. The van der Waals surface area contributed by atoms with Crippen LogP contribution >= 0.6 is 11.3 Å². The van der Waals surface area contributed by atoms with E-state index in [2.05, 4.69) is 18.8 Å². The molecule has 1 aliphatic carbocycles. The van der Waals surface area contributed by atoms with E-state index in [0.29, 0.717) is 11.8 Å². The van der Waals surface area contributed by atoms with Crippen molar-refractivity contribution in [3.63, 3.8) is 0 Å². The summed E-state index contributed by atoms with van der Waals surface area (Å²) in [7, 11) is 0. The molecule has 0 N–H and O–H groups in total. The van der Waals surface area contributed by atoms with Gasteiger partial charge in [0, 0.05) is 18.0 Å². The zero-order valence-electron chi connectivity index (χ0n) is 15.0. The number of aromatic nitrogens is 2. The topological polar surface area (TPSA) is 55.2 Å². The first-order valence-corrected chi connectivity index (χ1v) is 10.1. The number of piperidine rings is 1. The molecule has 5 nitrogen and oxygen atoms in total. The van der Waals surface area contributed by atoms with Gasteiger partial charge in [0.25, 0.3) is 5.56 Å². The van der Waals surface area contributed by atoms with Crippen molar-refractivity contribution in [2.45, 2.75) is 52.5 Å². The number of carbonyl (C=O) groups excluding carboxylic acids is 1. The lowest BCUT2D eigenvalue weighted by molar-refractivity contribution is -0.133. The lowest BCUT2D eigenvalue weighted by Crippen LogP contribution is -2.42. The molecule has 0 spiro atoms. The van der Waals surface area contributed by atoms with Gasteiger partial charge in [-0.3, -0.25) is 14.2 Å². The normalized spacial score (nSPS) is 23.7. The third-order valence-corrected chi connectivity index (χ3v) is 6.76. The number of carbonyl (C=O) groups is 1. The summed E-state index contributed by atoms with van der Waals surface area (Å²) in [5.74, 6) is 1.25. The van der Waals surface area contributed by atoms with Crippen molar-refractivity contribution in [2.75, 3.05) is 13.1 Å². The van der Waals surface area contributed by atoms with Crippen molar-refractivity contribution >= 4 is 27.5 Å². The second-order valence-corrected chi connectivity index (χ2v) is 8.88. The molecule has 1 amide bonds. The van der Waals surface area contributed by atoms with Gasteiger partial charge in [0.05, 0.1) is 11.7 Å². The standard InChI is InChI=1S/C19H25N3O2S/c1-12-5-6-14-15(8-12)25-18-17(14)19(24)22(11-20-18)10-16(23)21-7-3-4-13(2)9-21/h11-13H,3-10H2,1-2H3/t12-,13+/m0/s1. The lowest BCUT2D eigenvalue weighted by atomic mass is 9.89. The summed E-state index contributed by atoms with van der Waals surface area (Å²) in [6, 6.07) is 0. The van der Waals surface area contributed by atoms with E-state index >= 15 is 0 Å². The molecule has 1 aliphatic heterocycles. The number of nitrogens with zero attached hydrogens (tertiary/aromatic N) is 3. The number of likely N-dealkylation sites (tertiary alicyclic amines) is 1. The van der Waals surface area contributed by atoms with Crippen LogP contribution in [0.4, 0.5) is 0 Å². The Morgan fingerprint density at radius 3 is 2.96 bits per heavy atom. The maximum Gasteiger partial charge on any atom is 0.262 e. The van der Waals surface area contributed by atoms with Crippen LogP contribution in [0.1, 0.15) is 43.6 Å². The van der Waals surface area contributed by atoms with Crippen LogP contribution in [0.2, 0.25) is 0 Å². The van der Waals surface area contributed by atoms with Gasteiger partial charge in [0.15, 0.2) is 0 Å². The second kappa shape index (κ2) is 6.56. The molecule has 134 valence electrons. The average molecular weight is 359 g/mol. The van der Waals surface area contributed by atoms with Crippen LogP contribution in [0.3, 0.4) is 0 Å². The predicted molar refractivity (Wildman–Crippen MR) is 100 cm³/mol. The Balaban J connectivity index is 1.63. The van der Waals surface area contributed by atoms with Gasteiger partial charge in [-0.15, -0.1) is 11.3 Å². The molecule has 3 heterocycles. The van der Waals surface area contributed by atoms with E-state index in [4.69, 9.17) is 0 Å². The van der Waals surface area contributed by atoms with E-state index < -0.39 is 0 Å². The van der Waals surface area contributed by atoms with E-state index in [1.807, 2.05) is 4.90 Å². The van der Waals surface area contributed by atoms with E-state index in [9.17, 15) is 9.59 Å². The lowest BCUT2D eigenvalue weighted by Gasteiger charge is -2.31. The number of hydrogen-bond donors (Lipinski definition) is 0. The van der Waals surface area contributed by atoms with Crippen LogP contribution in [0.15, 0.2) is 11.1 Å². The average Bonchev–Trinajstić information content (AvgIpc) is 2.95. The van der Waals surface area contributed by atoms with Crippen molar-refractivity contribution in [1.29, 1.82) is 0 Å². The zero-order valence-corrected chi connectivity index (χ0v) is 15.8. The van der Waals surface area contributed by atoms with Gasteiger partial charge >= 0.3 is 0 Å². The van der Waals surface area contributed by atoms with Gasteiger partial charge < -0.3 is 4.90 Å². The Morgan fingerprint density at radius 2 is 2.16 bits per heavy atom. The van der Waals surface area contributed by atoms with Crippen molar-refractivity contribution in [3.05, 3.63) is 27.1 Å². The molecule has 2 aromatic heterocycles. The van der Waals surface area contributed by atoms with Gasteiger partial charge in [0.1, 0.15) is 11.4 Å². The smallest absolute Gasteiger partial charge is 0.262 e. The summed E-state index contributed by atoms with van der Waals surface area (Å²) in [6.07, 6.45) is 6.90. The maximum absolute atomic E-state index is 13.0. The Labute approximate surface area is 151 Å². The monoisotopic (exact) mass is 359 g/mol. The number of rotatable bonds is 2. The molecule has 6 heteroatoms. The molecule has 2 aliphatic rings. The van der Waals surface area contributed by atoms with Gasteiger partial charge in [-0.1, -0.05) is 13.8 Å². The molecule has 0 bridgehead atoms. The molecule has 25 heavy (non-hydrogen) atoms. The quantitative estimate of drug-likeness (QED) is 0.828. The van der Waals surface area contributed by atoms with Gasteiger partial charge in [0.2, 0.25) is 5.91 Å². The number of thiophene rings is 1. The highest BCUT2D eigenvalue weighted by atomic mass is 32.1. The van der Waals surface area contributed by atoms with Crippen molar-refractivity contribution < 1.29 is 4.79 Å². The summed E-state index contributed by atoms with van der Waals surface area (Å²) in [5.41, 5.74) is 1.14. The van der Waals surface area contributed by atoms with Crippen molar-refractivity contribution in [2.24, 2.45) is 11.8 Å². The van der Waals surface area contributed by atoms with Crippen molar-refractivity contribution in [1.82, 2.24) is 14.5 Å². The number of amides is 1. The summed E-state index contributed by atoms with van der Waals surface area (Å²) in [5, 5.41) is 0.759. The molecule has 4 rings (SSSR count).